The molecule has 1 heterocycles. The minimum absolute atomic E-state index is 0.161. The van der Waals surface area contributed by atoms with E-state index in [9.17, 15) is 4.79 Å². The number of carbonyl (C=O) groups is 1. The lowest BCUT2D eigenvalue weighted by atomic mass is 10.1. The summed E-state index contributed by atoms with van der Waals surface area (Å²) in [6.45, 7) is 2.08. The number of hydrogen-bond donors (Lipinski definition) is 2. The molecule has 3 N–H and O–H groups in total. The van der Waals surface area contributed by atoms with Crippen LogP contribution in [0.25, 0.3) is 0 Å². The number of aromatic nitrogens is 1. The smallest absolute Gasteiger partial charge is 0.278 e. The van der Waals surface area contributed by atoms with Crippen LogP contribution in [0.1, 0.15) is 23.0 Å². The summed E-state index contributed by atoms with van der Waals surface area (Å²) in [5.41, 5.74) is 4.56. The molecule has 0 aliphatic carbocycles. The summed E-state index contributed by atoms with van der Waals surface area (Å²) in [6, 6.07) is 11.0. The van der Waals surface area contributed by atoms with Gasteiger partial charge in [-0.3, -0.25) is 4.79 Å². The predicted octanol–water partition coefficient (Wildman–Crippen LogP) is 2.86. The van der Waals surface area contributed by atoms with E-state index >= 15 is 0 Å². The van der Waals surface area contributed by atoms with Crippen molar-refractivity contribution in [3.05, 3.63) is 52.7 Å². The van der Waals surface area contributed by atoms with Gasteiger partial charge >= 0.3 is 0 Å². The normalized spacial score (nSPS) is 10.3. The van der Waals surface area contributed by atoms with Gasteiger partial charge in [-0.1, -0.05) is 30.7 Å². The second-order valence-electron chi connectivity index (χ2n) is 4.56. The van der Waals surface area contributed by atoms with Crippen molar-refractivity contribution in [2.75, 3.05) is 17.4 Å². The van der Waals surface area contributed by atoms with E-state index in [1.165, 1.54) is 10.5 Å². The maximum atomic E-state index is 12.5. The van der Waals surface area contributed by atoms with Gasteiger partial charge in [0, 0.05) is 12.7 Å². The molecule has 0 aliphatic heterocycles. The Kier molecular flexibility index (Phi) is 4.77. The molecule has 1 amide bonds. The van der Waals surface area contributed by atoms with Crippen LogP contribution in [0.2, 0.25) is 5.02 Å². The van der Waals surface area contributed by atoms with Gasteiger partial charge in [0.1, 0.15) is 11.5 Å². The molecule has 21 heavy (non-hydrogen) atoms. The number of pyridine rings is 1. The van der Waals surface area contributed by atoms with Crippen LogP contribution >= 0.6 is 11.6 Å². The summed E-state index contributed by atoms with van der Waals surface area (Å²) in [5, 5.41) is 0.288. The Balaban J connectivity index is 2.29. The minimum Gasteiger partial charge on any atom is -0.310 e. The van der Waals surface area contributed by atoms with E-state index in [-0.39, 0.29) is 16.6 Å². The molecular weight excluding hydrogens is 288 g/mol. The maximum absolute atomic E-state index is 12.5. The topological polar surface area (TPSA) is 71.2 Å². The second-order valence-corrected chi connectivity index (χ2v) is 4.96. The Bertz CT molecular complexity index is 643. The maximum Gasteiger partial charge on any atom is 0.278 e. The van der Waals surface area contributed by atoms with E-state index in [0.29, 0.717) is 5.82 Å². The molecule has 0 bridgehead atoms. The van der Waals surface area contributed by atoms with E-state index < -0.39 is 0 Å². The van der Waals surface area contributed by atoms with Crippen LogP contribution in [0.15, 0.2) is 36.4 Å². The van der Waals surface area contributed by atoms with Gasteiger partial charge in [-0.25, -0.2) is 10.8 Å². The molecule has 2 rings (SSSR count). The number of carbonyl (C=O) groups excluding carboxylic acids is 1. The Morgan fingerprint density at radius 2 is 1.95 bits per heavy atom. The van der Waals surface area contributed by atoms with Crippen molar-refractivity contribution in [1.29, 1.82) is 0 Å². The van der Waals surface area contributed by atoms with Crippen LogP contribution in [-0.4, -0.2) is 17.9 Å². The zero-order valence-corrected chi connectivity index (χ0v) is 12.7. The number of nitrogens with two attached hydrogens (primary N) is 1. The van der Waals surface area contributed by atoms with Gasteiger partial charge in [0.25, 0.3) is 5.91 Å². The number of nitrogen functional groups attached to an aromatic ring is 1. The van der Waals surface area contributed by atoms with Crippen molar-refractivity contribution in [3.8, 4) is 0 Å². The average Bonchev–Trinajstić information content (AvgIpc) is 2.54. The molecule has 1 aromatic heterocycles. The molecule has 1 aromatic carbocycles. The molecule has 0 aliphatic rings. The molecule has 0 saturated heterocycles. The highest BCUT2D eigenvalue weighted by Gasteiger charge is 2.18. The van der Waals surface area contributed by atoms with Gasteiger partial charge < -0.3 is 10.3 Å². The number of nitrogens with one attached hydrogen (secondary N) is 1. The summed E-state index contributed by atoms with van der Waals surface area (Å²) in [5.74, 6) is 5.40. The summed E-state index contributed by atoms with van der Waals surface area (Å²) >= 11 is 6.05. The van der Waals surface area contributed by atoms with E-state index in [4.69, 9.17) is 17.4 Å². The van der Waals surface area contributed by atoms with Crippen LogP contribution in [0.4, 0.5) is 11.5 Å². The van der Waals surface area contributed by atoms with Crippen LogP contribution in [0.5, 0.6) is 0 Å². The molecule has 0 saturated carbocycles. The third-order valence-electron chi connectivity index (χ3n) is 3.23. The lowest BCUT2D eigenvalue weighted by Gasteiger charge is -2.18. The first kappa shape index (κ1) is 15.3. The van der Waals surface area contributed by atoms with E-state index in [2.05, 4.69) is 17.3 Å². The number of benzene rings is 1. The highest BCUT2D eigenvalue weighted by molar-refractivity contribution is 6.34. The standard InChI is InChI=1S/C15H17ClN4O/c1-3-10-4-6-11(7-5-10)20(2)15(21)14-12(16)8-9-13(18-14)19-17/h4-9H,3,17H2,1-2H3,(H,18,19). The molecule has 0 fully saturated rings. The molecule has 0 atom stereocenters. The van der Waals surface area contributed by atoms with Crippen LogP contribution in [0.3, 0.4) is 0 Å². The number of nitrogens with zero attached hydrogens (tertiary/aromatic N) is 2. The first-order chi connectivity index (χ1) is 10.1. The summed E-state index contributed by atoms with van der Waals surface area (Å²) in [4.78, 5) is 18.1. The Morgan fingerprint density at radius 1 is 1.29 bits per heavy atom. The van der Waals surface area contributed by atoms with Gasteiger partial charge in [-0.2, -0.15) is 0 Å². The first-order valence-corrected chi connectivity index (χ1v) is 6.94. The number of hydrazine groups is 1. The number of anilines is 2. The van der Waals surface area contributed by atoms with Crippen molar-refractivity contribution in [2.24, 2.45) is 5.84 Å². The molecule has 0 radical (unpaired) electrons. The SMILES string of the molecule is CCc1ccc(N(C)C(=O)c2nc(NN)ccc2Cl)cc1. The van der Waals surface area contributed by atoms with Crippen LogP contribution in [0, 0.1) is 0 Å². The molecule has 110 valence electrons. The third-order valence-corrected chi connectivity index (χ3v) is 3.54. The number of rotatable bonds is 4. The molecular formula is C15H17ClN4O. The Hall–Kier alpha value is -2.11. The van der Waals surface area contributed by atoms with Crippen molar-refractivity contribution in [2.45, 2.75) is 13.3 Å². The van der Waals surface area contributed by atoms with Gasteiger partial charge in [0.2, 0.25) is 0 Å². The zero-order chi connectivity index (χ0) is 15.4. The first-order valence-electron chi connectivity index (χ1n) is 6.57. The summed E-state index contributed by atoms with van der Waals surface area (Å²) in [7, 11) is 1.68. The van der Waals surface area contributed by atoms with E-state index in [0.717, 1.165) is 12.1 Å². The number of halogens is 1. The van der Waals surface area contributed by atoms with Gasteiger partial charge in [-0.15, -0.1) is 0 Å². The lowest BCUT2D eigenvalue weighted by Crippen LogP contribution is -2.27. The van der Waals surface area contributed by atoms with E-state index in [1.54, 1.807) is 19.2 Å². The molecule has 2 aromatic rings. The highest BCUT2D eigenvalue weighted by atomic mass is 35.5. The van der Waals surface area contributed by atoms with Crippen molar-refractivity contribution < 1.29 is 4.79 Å². The highest BCUT2D eigenvalue weighted by Crippen LogP contribution is 2.21. The fourth-order valence-electron chi connectivity index (χ4n) is 1.90. The summed E-state index contributed by atoms with van der Waals surface area (Å²) < 4.78 is 0. The molecule has 5 nitrogen and oxygen atoms in total. The van der Waals surface area contributed by atoms with Gasteiger partial charge in [0.15, 0.2) is 0 Å². The monoisotopic (exact) mass is 304 g/mol. The fraction of sp³-hybridized carbons (Fsp3) is 0.200. The summed E-state index contributed by atoms with van der Waals surface area (Å²) in [6.07, 6.45) is 0.954. The van der Waals surface area contributed by atoms with E-state index in [1.807, 2.05) is 24.3 Å². The van der Waals surface area contributed by atoms with Crippen molar-refractivity contribution in [3.63, 3.8) is 0 Å². The Morgan fingerprint density at radius 3 is 2.52 bits per heavy atom. The third kappa shape index (κ3) is 3.32. The lowest BCUT2D eigenvalue weighted by molar-refractivity contribution is 0.0988. The van der Waals surface area contributed by atoms with Gasteiger partial charge in [-0.05, 0) is 36.2 Å². The minimum atomic E-state index is -0.290. The zero-order valence-electron chi connectivity index (χ0n) is 11.9. The molecule has 0 unspecified atom stereocenters. The second kappa shape index (κ2) is 6.56. The molecule has 0 spiro atoms. The van der Waals surface area contributed by atoms with Gasteiger partial charge in [0.05, 0.1) is 5.02 Å². The Labute approximate surface area is 128 Å². The number of amides is 1. The largest absolute Gasteiger partial charge is 0.310 e. The predicted molar refractivity (Wildman–Crippen MR) is 85.6 cm³/mol. The van der Waals surface area contributed by atoms with Crippen LogP contribution in [-0.2, 0) is 6.42 Å². The average molecular weight is 305 g/mol. The van der Waals surface area contributed by atoms with Crippen molar-refractivity contribution in [1.82, 2.24) is 4.98 Å². The molecule has 6 heteroatoms. The quantitative estimate of drug-likeness (QED) is 0.673. The number of aryl methyl sites for hydroxylation is 1. The fourth-order valence-corrected chi connectivity index (χ4v) is 2.09. The van der Waals surface area contributed by atoms with Crippen LogP contribution < -0.4 is 16.2 Å². The number of hydrogen-bond acceptors (Lipinski definition) is 4. The van der Waals surface area contributed by atoms with Crippen molar-refractivity contribution >= 4 is 29.0 Å².